The zero-order valence-corrected chi connectivity index (χ0v) is 20.3. The highest BCUT2D eigenvalue weighted by Crippen LogP contribution is 2.49. The fourth-order valence-corrected chi connectivity index (χ4v) is 5.59. The van der Waals surface area contributed by atoms with Gasteiger partial charge in [0.2, 0.25) is 0 Å². The van der Waals surface area contributed by atoms with Crippen LogP contribution in [0.2, 0.25) is 0 Å². The molecule has 2 aromatic rings. The fraction of sp³-hybridized carbons (Fsp3) is 0.500. The summed E-state index contributed by atoms with van der Waals surface area (Å²) in [6.45, 7) is 1.05. The molecule has 2 aliphatic rings. The second-order valence-electron chi connectivity index (χ2n) is 9.15. The van der Waals surface area contributed by atoms with Crippen molar-refractivity contribution < 1.29 is 19.0 Å². The van der Waals surface area contributed by atoms with Crippen molar-refractivity contribution in [3.05, 3.63) is 48.0 Å². The topological polar surface area (TPSA) is 63.3 Å². The normalized spacial score (nSPS) is 24.6. The lowest BCUT2D eigenvalue weighted by Gasteiger charge is -2.45. The van der Waals surface area contributed by atoms with E-state index in [0.29, 0.717) is 6.04 Å². The number of amides is 2. The van der Waals surface area contributed by atoms with Crippen molar-refractivity contribution in [2.45, 2.75) is 43.2 Å². The van der Waals surface area contributed by atoms with E-state index in [0.717, 1.165) is 55.2 Å². The van der Waals surface area contributed by atoms with Crippen molar-refractivity contribution in [2.75, 3.05) is 46.9 Å². The quantitative estimate of drug-likeness (QED) is 0.715. The fourth-order valence-electron chi connectivity index (χ4n) is 5.59. The van der Waals surface area contributed by atoms with Gasteiger partial charge in [-0.15, -0.1) is 0 Å². The van der Waals surface area contributed by atoms with Crippen LogP contribution >= 0.6 is 0 Å². The number of methoxy groups -OCH3 is 3. The number of hydrogen-bond donors (Lipinski definition) is 1. The summed E-state index contributed by atoms with van der Waals surface area (Å²) in [5.74, 6) is 2.30. The molecule has 7 heteroatoms. The van der Waals surface area contributed by atoms with E-state index in [9.17, 15) is 4.79 Å². The molecule has 178 valence electrons. The summed E-state index contributed by atoms with van der Waals surface area (Å²) in [6, 6.07) is 14.3. The summed E-state index contributed by atoms with van der Waals surface area (Å²) in [5.41, 5.74) is 2.20. The minimum absolute atomic E-state index is 0.0669. The molecule has 2 fully saturated rings. The third kappa shape index (κ3) is 4.34. The first-order chi connectivity index (χ1) is 15.9. The van der Waals surface area contributed by atoms with Crippen molar-refractivity contribution in [1.82, 2.24) is 10.2 Å². The lowest BCUT2D eigenvalue weighted by Crippen LogP contribution is -2.53. The number of urea groups is 1. The number of likely N-dealkylation sites (N-methyl/N-ethyl adjacent to an activating group) is 1. The number of nitrogens with one attached hydrogen (secondary N) is 1. The number of carbonyl (C=O) groups excluding carboxylic acids is 1. The first-order valence-electron chi connectivity index (χ1n) is 11.5. The first kappa shape index (κ1) is 23.2. The Balaban J connectivity index is 1.48. The van der Waals surface area contributed by atoms with E-state index in [2.05, 4.69) is 29.4 Å². The number of anilines is 1. The number of carbonyl (C=O) groups is 1. The van der Waals surface area contributed by atoms with E-state index in [4.69, 9.17) is 14.2 Å². The Bertz CT molecular complexity index is 980. The van der Waals surface area contributed by atoms with Crippen LogP contribution in [0.15, 0.2) is 42.5 Å². The molecule has 0 aromatic heterocycles. The minimum Gasteiger partial charge on any atom is -0.497 e. The molecule has 2 amide bonds. The van der Waals surface area contributed by atoms with E-state index in [-0.39, 0.29) is 17.5 Å². The molecular weight excluding hydrogens is 418 g/mol. The number of ether oxygens (including phenoxy) is 3. The Kier molecular flexibility index (Phi) is 6.70. The summed E-state index contributed by atoms with van der Waals surface area (Å²) in [4.78, 5) is 17.1. The molecule has 0 unspecified atom stereocenters. The maximum absolute atomic E-state index is 13.0. The minimum atomic E-state index is -0.0792. The molecule has 7 nitrogen and oxygen atoms in total. The average molecular weight is 454 g/mol. The van der Waals surface area contributed by atoms with Gasteiger partial charge in [-0.2, -0.15) is 0 Å². The van der Waals surface area contributed by atoms with Crippen molar-refractivity contribution >= 4 is 11.7 Å². The van der Waals surface area contributed by atoms with Gasteiger partial charge in [-0.05, 0) is 81.2 Å². The van der Waals surface area contributed by atoms with E-state index in [1.165, 1.54) is 5.56 Å². The highest BCUT2D eigenvalue weighted by atomic mass is 16.5. The molecule has 0 bridgehead atoms. The monoisotopic (exact) mass is 453 g/mol. The zero-order valence-electron chi connectivity index (χ0n) is 20.3. The van der Waals surface area contributed by atoms with Crippen molar-refractivity contribution in [2.24, 2.45) is 0 Å². The van der Waals surface area contributed by atoms with Crippen molar-refractivity contribution in [3.8, 4) is 17.2 Å². The SMILES string of the molecule is COc1ccc(N(C)C(=O)N[C@@H]2CC[C@@]3(c4ccc(OC)c(OC)c4)CCN(C)[C@H]3C2)cc1. The summed E-state index contributed by atoms with van der Waals surface area (Å²) in [7, 11) is 8.98. The summed E-state index contributed by atoms with van der Waals surface area (Å²) >= 11 is 0. The van der Waals surface area contributed by atoms with Crippen LogP contribution in [0.4, 0.5) is 10.5 Å². The molecule has 1 aliphatic carbocycles. The van der Waals surface area contributed by atoms with Crippen molar-refractivity contribution in [1.29, 1.82) is 0 Å². The average Bonchev–Trinajstić information content (AvgIpc) is 3.20. The second kappa shape index (κ2) is 9.51. The Morgan fingerprint density at radius 2 is 1.76 bits per heavy atom. The molecular formula is C26H35N3O4. The van der Waals surface area contributed by atoms with Crippen LogP contribution in [0.3, 0.4) is 0 Å². The Labute approximate surface area is 196 Å². The third-order valence-corrected chi connectivity index (χ3v) is 7.58. The Morgan fingerprint density at radius 1 is 1.03 bits per heavy atom. The van der Waals surface area contributed by atoms with Crippen LogP contribution in [-0.2, 0) is 5.41 Å². The van der Waals surface area contributed by atoms with Gasteiger partial charge in [0.1, 0.15) is 5.75 Å². The largest absolute Gasteiger partial charge is 0.497 e. The smallest absolute Gasteiger partial charge is 0.321 e. The Hall–Kier alpha value is -2.93. The molecule has 1 aliphatic heterocycles. The lowest BCUT2D eigenvalue weighted by atomic mass is 9.65. The Morgan fingerprint density at radius 3 is 2.42 bits per heavy atom. The molecule has 33 heavy (non-hydrogen) atoms. The number of benzene rings is 2. The van der Waals surface area contributed by atoms with Gasteiger partial charge in [0.15, 0.2) is 11.5 Å². The molecule has 1 heterocycles. The molecule has 1 saturated carbocycles. The van der Waals surface area contributed by atoms with Crippen LogP contribution in [0.1, 0.15) is 31.2 Å². The number of hydrogen-bond acceptors (Lipinski definition) is 5. The second-order valence-corrected chi connectivity index (χ2v) is 9.15. The number of rotatable bonds is 6. The predicted molar refractivity (Wildman–Crippen MR) is 130 cm³/mol. The number of nitrogens with zero attached hydrogens (tertiary/aromatic N) is 2. The molecule has 1 N–H and O–H groups in total. The highest BCUT2D eigenvalue weighted by Gasteiger charge is 2.50. The van der Waals surface area contributed by atoms with Gasteiger partial charge >= 0.3 is 6.03 Å². The van der Waals surface area contributed by atoms with Gasteiger partial charge in [-0.1, -0.05) is 6.07 Å². The summed E-state index contributed by atoms with van der Waals surface area (Å²) in [6.07, 6.45) is 4.00. The molecule has 1 saturated heterocycles. The van der Waals surface area contributed by atoms with Gasteiger partial charge in [-0.3, -0.25) is 4.90 Å². The number of fused-ring (bicyclic) bond motifs is 1. The lowest BCUT2D eigenvalue weighted by molar-refractivity contribution is 0.155. The zero-order chi connectivity index (χ0) is 23.6. The summed E-state index contributed by atoms with van der Waals surface area (Å²) in [5, 5.41) is 3.27. The van der Waals surface area contributed by atoms with Crippen LogP contribution in [0, 0.1) is 0 Å². The molecule has 3 atom stereocenters. The van der Waals surface area contributed by atoms with Gasteiger partial charge < -0.3 is 24.4 Å². The maximum atomic E-state index is 13.0. The van der Waals surface area contributed by atoms with E-state index >= 15 is 0 Å². The number of likely N-dealkylation sites (tertiary alicyclic amines) is 1. The molecule has 0 spiro atoms. The maximum Gasteiger partial charge on any atom is 0.321 e. The van der Waals surface area contributed by atoms with E-state index in [1.807, 2.05) is 30.3 Å². The predicted octanol–water partition coefficient (Wildman–Crippen LogP) is 4.05. The van der Waals surface area contributed by atoms with Gasteiger partial charge in [0, 0.05) is 30.2 Å². The van der Waals surface area contributed by atoms with Crippen molar-refractivity contribution in [3.63, 3.8) is 0 Å². The standard InChI is InChI=1S/C26H35N3O4/c1-28-15-14-26(18-6-11-22(32-4)23(16-18)33-5)13-12-19(17-24(26)28)27-25(30)29(2)20-7-9-21(31-3)10-8-20/h6-11,16,19,24H,12-15,17H2,1-5H3,(H,27,30)/t19-,24+,26+/m1/s1. The first-order valence-corrected chi connectivity index (χ1v) is 11.5. The van der Waals surface area contributed by atoms with Crippen LogP contribution in [0.5, 0.6) is 17.2 Å². The van der Waals surface area contributed by atoms with Gasteiger partial charge in [-0.25, -0.2) is 4.79 Å². The summed E-state index contributed by atoms with van der Waals surface area (Å²) < 4.78 is 16.2. The molecule has 4 rings (SSSR count). The van der Waals surface area contributed by atoms with Crippen LogP contribution in [-0.4, -0.2) is 65.0 Å². The highest BCUT2D eigenvalue weighted by molar-refractivity contribution is 5.91. The van der Waals surface area contributed by atoms with E-state index < -0.39 is 0 Å². The van der Waals surface area contributed by atoms with Gasteiger partial charge in [0.25, 0.3) is 0 Å². The molecule has 0 radical (unpaired) electrons. The van der Waals surface area contributed by atoms with Crippen LogP contribution < -0.4 is 24.4 Å². The van der Waals surface area contributed by atoms with Crippen LogP contribution in [0.25, 0.3) is 0 Å². The van der Waals surface area contributed by atoms with Gasteiger partial charge in [0.05, 0.1) is 21.3 Å². The third-order valence-electron chi connectivity index (χ3n) is 7.58. The van der Waals surface area contributed by atoms with E-state index in [1.54, 1.807) is 33.3 Å². The molecule has 2 aromatic carbocycles.